The van der Waals surface area contributed by atoms with Crippen LogP contribution in [0.4, 0.5) is 0 Å². The van der Waals surface area contributed by atoms with Crippen LogP contribution in [0.1, 0.15) is 5.69 Å². The summed E-state index contributed by atoms with van der Waals surface area (Å²) in [5.74, 6) is 0. The first kappa shape index (κ1) is 9.28. The Kier molecular flexibility index (Phi) is 2.34. The zero-order chi connectivity index (χ0) is 10.0. The van der Waals surface area contributed by atoms with Crippen molar-refractivity contribution < 1.29 is 5.03 Å². The lowest BCUT2D eigenvalue weighted by molar-refractivity contribution is -0.545. The quantitative estimate of drug-likeness (QED) is 0.391. The minimum absolute atomic E-state index is 0.166. The summed E-state index contributed by atoms with van der Waals surface area (Å²) in [6, 6.07) is 3.64. The molecule has 0 amide bonds. The molecular weight excluding hydrogens is 194 g/mol. The molecule has 1 heterocycles. The zero-order valence-corrected chi connectivity index (χ0v) is 7.06. The van der Waals surface area contributed by atoms with Gasteiger partial charge in [0.25, 0.3) is 0 Å². The molecule has 0 bridgehead atoms. The second-order valence-electron chi connectivity index (χ2n) is 2.10. The van der Waals surface area contributed by atoms with E-state index in [1.807, 2.05) is 0 Å². The van der Waals surface area contributed by atoms with E-state index >= 15 is 0 Å². The molecule has 0 aromatic carbocycles. The van der Waals surface area contributed by atoms with Gasteiger partial charge in [0.05, 0.1) is 0 Å². The van der Waals surface area contributed by atoms with Crippen molar-refractivity contribution >= 4 is 12.6 Å². The molecule has 0 saturated heterocycles. The predicted octanol–water partition coefficient (Wildman–Crippen LogP) is 0.0485. The number of aromatic nitrogens is 1. The minimum atomic E-state index is -0.950. The highest BCUT2D eigenvalue weighted by molar-refractivity contribution is 7.80. The first-order valence-electron chi connectivity index (χ1n) is 3.07. The first-order valence-corrected chi connectivity index (χ1v) is 3.52. The van der Waals surface area contributed by atoms with Crippen LogP contribution in [-0.4, -0.2) is 9.71 Å². The van der Waals surface area contributed by atoms with Gasteiger partial charge in [-0.05, 0) is 10.7 Å². The van der Waals surface area contributed by atoms with Crippen LogP contribution < -0.4 is 5.56 Å². The monoisotopic (exact) mass is 197 g/mol. The number of thiol groups is 1. The minimum Gasteiger partial charge on any atom is -0.263 e. The molecule has 0 unspecified atom stereocenters. The molecule has 1 aromatic rings. The highest BCUT2D eigenvalue weighted by atomic mass is 32.1. The summed E-state index contributed by atoms with van der Waals surface area (Å²) in [5.41, 5.74) is -1.23. The number of pyridine rings is 1. The maximum absolute atomic E-state index is 11.0. The fraction of sp³-hybridized carbons (Fsp3) is 0. The van der Waals surface area contributed by atoms with E-state index in [-0.39, 0.29) is 15.3 Å². The van der Waals surface area contributed by atoms with Crippen LogP contribution >= 0.6 is 12.6 Å². The molecule has 7 heteroatoms. The smallest absolute Gasteiger partial charge is 0.263 e. The third kappa shape index (κ3) is 1.68. The van der Waals surface area contributed by atoms with Gasteiger partial charge < -0.3 is 0 Å². The summed E-state index contributed by atoms with van der Waals surface area (Å²) in [7, 11) is 0. The van der Waals surface area contributed by atoms with Gasteiger partial charge in [-0.15, -0.1) is 12.6 Å². The molecule has 0 atom stereocenters. The van der Waals surface area contributed by atoms with Crippen molar-refractivity contribution in [1.29, 1.82) is 5.26 Å². The fourth-order valence-corrected chi connectivity index (χ4v) is 1.03. The largest absolute Gasteiger partial charge is 0.314 e. The second-order valence-corrected chi connectivity index (χ2v) is 2.61. The van der Waals surface area contributed by atoms with Crippen molar-refractivity contribution in [3.63, 3.8) is 0 Å². The van der Waals surface area contributed by atoms with Gasteiger partial charge in [0, 0.05) is 11.0 Å². The normalized spacial score (nSPS) is 9.23. The van der Waals surface area contributed by atoms with Gasteiger partial charge in [-0.25, -0.2) is 10.1 Å². The zero-order valence-electron chi connectivity index (χ0n) is 6.17. The molecular formula is C6H3N3O3S. The number of rotatable bonds is 1. The Bertz CT molecular complexity index is 459. The van der Waals surface area contributed by atoms with E-state index in [1.165, 1.54) is 6.07 Å². The van der Waals surface area contributed by atoms with Gasteiger partial charge >= 0.3 is 5.56 Å². The molecule has 66 valence electrons. The summed E-state index contributed by atoms with van der Waals surface area (Å²) in [5, 5.41) is 17.8. The lowest BCUT2D eigenvalue weighted by Gasteiger charge is -1.96. The molecule has 0 radical (unpaired) electrons. The van der Waals surface area contributed by atoms with Gasteiger partial charge in [0.2, 0.25) is 0 Å². The van der Waals surface area contributed by atoms with E-state index in [1.54, 1.807) is 0 Å². The van der Waals surface area contributed by atoms with E-state index in [4.69, 9.17) is 5.26 Å². The topological polar surface area (TPSA) is 88.9 Å². The molecule has 0 aliphatic carbocycles. The molecule has 0 saturated carbocycles. The van der Waals surface area contributed by atoms with Gasteiger partial charge in [0.15, 0.2) is 10.7 Å². The Morgan fingerprint density at radius 3 is 2.69 bits per heavy atom. The summed E-state index contributed by atoms with van der Waals surface area (Å²) in [6.07, 6.45) is 0. The Morgan fingerprint density at radius 2 is 2.23 bits per heavy atom. The molecule has 1 aromatic heterocycles. The molecule has 6 nitrogen and oxygen atoms in total. The van der Waals surface area contributed by atoms with Crippen molar-refractivity contribution in [2.45, 2.75) is 4.90 Å². The van der Waals surface area contributed by atoms with Crippen molar-refractivity contribution in [3.05, 3.63) is 38.3 Å². The van der Waals surface area contributed by atoms with Crippen LogP contribution in [0.15, 0.2) is 21.8 Å². The van der Waals surface area contributed by atoms with E-state index in [9.17, 15) is 14.9 Å². The van der Waals surface area contributed by atoms with Crippen LogP contribution in [-0.2, 0) is 0 Å². The van der Waals surface area contributed by atoms with Gasteiger partial charge in [0.1, 0.15) is 6.07 Å². The van der Waals surface area contributed by atoms with Crippen molar-refractivity contribution in [1.82, 2.24) is 4.68 Å². The van der Waals surface area contributed by atoms with Crippen LogP contribution in [0.5, 0.6) is 0 Å². The summed E-state index contributed by atoms with van der Waals surface area (Å²) < 4.78 is 0.166. The highest BCUT2D eigenvalue weighted by Gasteiger charge is 2.13. The average Bonchev–Trinajstić information content (AvgIpc) is 2.01. The molecule has 13 heavy (non-hydrogen) atoms. The Morgan fingerprint density at radius 1 is 1.62 bits per heavy atom. The maximum atomic E-state index is 11.0. The van der Waals surface area contributed by atoms with Crippen LogP contribution in [0, 0.1) is 21.4 Å². The Balaban J connectivity index is 3.60. The maximum Gasteiger partial charge on any atom is 0.314 e. The third-order valence-electron chi connectivity index (χ3n) is 1.27. The van der Waals surface area contributed by atoms with E-state index in [0.29, 0.717) is 0 Å². The number of hydrogen-bond acceptors (Lipinski definition) is 5. The van der Waals surface area contributed by atoms with Gasteiger partial charge in [-0.1, -0.05) is 0 Å². The number of nitrogens with zero attached hydrogens (tertiary/aromatic N) is 3. The standard InChI is InChI=1S/C6H3N3O3S/c7-3-4-1-5(13)2-6(10)8(4)9(11)12/h1-2,13H. The first-order chi connectivity index (χ1) is 6.06. The lowest BCUT2D eigenvalue weighted by atomic mass is 10.4. The number of nitro groups is 1. The molecule has 0 aliphatic rings. The van der Waals surface area contributed by atoms with Crippen LogP contribution in [0.3, 0.4) is 0 Å². The lowest BCUT2D eigenvalue weighted by Crippen LogP contribution is -2.27. The fourth-order valence-electron chi connectivity index (χ4n) is 0.797. The van der Waals surface area contributed by atoms with E-state index in [0.717, 1.165) is 12.1 Å². The second kappa shape index (κ2) is 3.28. The number of nitriles is 1. The summed E-state index contributed by atoms with van der Waals surface area (Å²) in [4.78, 5) is 21.5. The van der Waals surface area contributed by atoms with Crippen molar-refractivity contribution in [2.75, 3.05) is 0 Å². The van der Waals surface area contributed by atoms with Gasteiger partial charge in [-0.3, -0.25) is 4.79 Å². The predicted molar refractivity (Wildman–Crippen MR) is 45.1 cm³/mol. The summed E-state index contributed by atoms with van der Waals surface area (Å²) >= 11 is 3.81. The Hall–Kier alpha value is -1.81. The molecule has 0 aliphatic heterocycles. The van der Waals surface area contributed by atoms with E-state index in [2.05, 4.69) is 12.6 Å². The van der Waals surface area contributed by atoms with Crippen molar-refractivity contribution in [3.8, 4) is 6.07 Å². The molecule has 0 N–H and O–H groups in total. The Labute approximate surface area is 77.6 Å². The third-order valence-corrected chi connectivity index (χ3v) is 1.53. The highest BCUT2D eigenvalue weighted by Crippen LogP contribution is 2.04. The van der Waals surface area contributed by atoms with E-state index < -0.39 is 10.6 Å². The molecule has 0 fully saturated rings. The molecule has 0 spiro atoms. The van der Waals surface area contributed by atoms with Gasteiger partial charge in [-0.2, -0.15) is 5.26 Å². The number of hydrogen-bond donors (Lipinski definition) is 1. The van der Waals surface area contributed by atoms with Crippen molar-refractivity contribution in [2.24, 2.45) is 0 Å². The van der Waals surface area contributed by atoms with Crippen LogP contribution in [0.2, 0.25) is 0 Å². The van der Waals surface area contributed by atoms with Crippen LogP contribution in [0.25, 0.3) is 0 Å². The summed E-state index contributed by atoms with van der Waals surface area (Å²) in [6.45, 7) is 0. The average molecular weight is 197 g/mol. The molecule has 1 rings (SSSR count). The SMILES string of the molecule is N#Cc1cc(S)cc(=O)n1[N+](=O)[O-].